The van der Waals surface area contributed by atoms with Crippen molar-refractivity contribution in [3.05, 3.63) is 28.2 Å². The lowest BCUT2D eigenvalue weighted by Gasteiger charge is -2.09. The standard InChI is InChI=1S/C12H14N2O4/c1-6-3-10(15)14(2)5-9(6)13-11(16)7-4-8(7)12(17)18/h3,5,7-8H,4H2,1-2H3,(H,13,16)(H,17,18). The molecular weight excluding hydrogens is 236 g/mol. The lowest BCUT2D eigenvalue weighted by Crippen LogP contribution is -2.21. The number of nitrogens with one attached hydrogen (secondary N) is 1. The third kappa shape index (κ3) is 2.27. The van der Waals surface area contributed by atoms with Gasteiger partial charge in [0.15, 0.2) is 0 Å². The summed E-state index contributed by atoms with van der Waals surface area (Å²) < 4.78 is 1.37. The monoisotopic (exact) mass is 250 g/mol. The quantitative estimate of drug-likeness (QED) is 0.810. The number of aliphatic carboxylic acids is 1. The second-order valence-corrected chi connectivity index (χ2v) is 4.60. The minimum Gasteiger partial charge on any atom is -0.481 e. The average Bonchev–Trinajstić information content (AvgIpc) is 3.05. The van der Waals surface area contributed by atoms with Gasteiger partial charge in [-0.05, 0) is 18.9 Å². The van der Waals surface area contributed by atoms with Gasteiger partial charge in [0, 0.05) is 19.3 Å². The van der Waals surface area contributed by atoms with Gasteiger partial charge < -0.3 is 15.0 Å². The van der Waals surface area contributed by atoms with E-state index in [-0.39, 0.29) is 11.5 Å². The highest BCUT2D eigenvalue weighted by atomic mass is 16.4. The fourth-order valence-electron chi connectivity index (χ4n) is 1.84. The highest BCUT2D eigenvalue weighted by Crippen LogP contribution is 2.39. The first-order chi connectivity index (χ1) is 8.40. The maximum atomic E-state index is 11.8. The maximum Gasteiger partial charge on any atom is 0.307 e. The molecule has 6 heteroatoms. The molecule has 2 rings (SSSR count). The van der Waals surface area contributed by atoms with E-state index in [4.69, 9.17) is 5.11 Å². The van der Waals surface area contributed by atoms with Crippen molar-refractivity contribution in [2.45, 2.75) is 13.3 Å². The van der Waals surface area contributed by atoms with Crippen molar-refractivity contribution in [1.82, 2.24) is 4.57 Å². The minimum atomic E-state index is -0.938. The van der Waals surface area contributed by atoms with Crippen LogP contribution < -0.4 is 10.9 Å². The van der Waals surface area contributed by atoms with Crippen molar-refractivity contribution in [1.29, 1.82) is 0 Å². The molecule has 1 aromatic heterocycles. The summed E-state index contributed by atoms with van der Waals surface area (Å²) in [7, 11) is 1.59. The van der Waals surface area contributed by atoms with Gasteiger partial charge in [-0.25, -0.2) is 0 Å². The van der Waals surface area contributed by atoms with Gasteiger partial charge in [-0.3, -0.25) is 14.4 Å². The molecule has 6 nitrogen and oxygen atoms in total. The van der Waals surface area contributed by atoms with Crippen LogP contribution in [0.1, 0.15) is 12.0 Å². The number of rotatable bonds is 3. The molecule has 1 amide bonds. The first-order valence-electron chi connectivity index (χ1n) is 5.61. The summed E-state index contributed by atoms with van der Waals surface area (Å²) in [5.74, 6) is -2.27. The van der Waals surface area contributed by atoms with E-state index in [0.717, 1.165) is 0 Å². The molecule has 0 spiro atoms. The van der Waals surface area contributed by atoms with Crippen LogP contribution in [0.2, 0.25) is 0 Å². The smallest absolute Gasteiger partial charge is 0.307 e. The number of amides is 1. The summed E-state index contributed by atoms with van der Waals surface area (Å²) in [6.07, 6.45) is 1.92. The van der Waals surface area contributed by atoms with Crippen LogP contribution in [0.5, 0.6) is 0 Å². The molecular formula is C12H14N2O4. The average molecular weight is 250 g/mol. The van der Waals surface area contributed by atoms with Crippen molar-refractivity contribution < 1.29 is 14.7 Å². The molecule has 1 fully saturated rings. The normalized spacial score (nSPS) is 21.4. The predicted molar refractivity (Wildman–Crippen MR) is 64.3 cm³/mol. The van der Waals surface area contributed by atoms with Crippen LogP contribution in [-0.4, -0.2) is 21.6 Å². The van der Waals surface area contributed by atoms with Gasteiger partial charge >= 0.3 is 5.97 Å². The predicted octanol–water partition coefficient (Wildman–Crippen LogP) is 0.353. The van der Waals surface area contributed by atoms with E-state index < -0.39 is 17.8 Å². The number of nitrogens with zero attached hydrogens (tertiary/aromatic N) is 1. The van der Waals surface area contributed by atoms with Crippen LogP contribution in [0, 0.1) is 18.8 Å². The first kappa shape index (κ1) is 12.3. The molecule has 2 atom stereocenters. The van der Waals surface area contributed by atoms with E-state index in [1.807, 2.05) is 0 Å². The lowest BCUT2D eigenvalue weighted by molar-refractivity contribution is -0.139. The molecule has 1 heterocycles. The Bertz CT molecular complexity index is 576. The van der Waals surface area contributed by atoms with Crippen molar-refractivity contribution in [2.24, 2.45) is 18.9 Å². The first-order valence-corrected chi connectivity index (χ1v) is 5.61. The number of carboxylic acid groups (broad SMARTS) is 1. The Morgan fingerprint density at radius 1 is 1.44 bits per heavy atom. The second kappa shape index (κ2) is 4.29. The Morgan fingerprint density at radius 2 is 2.11 bits per heavy atom. The second-order valence-electron chi connectivity index (χ2n) is 4.60. The molecule has 2 unspecified atom stereocenters. The number of aryl methyl sites for hydroxylation is 2. The van der Waals surface area contributed by atoms with Crippen molar-refractivity contribution in [3.8, 4) is 0 Å². The van der Waals surface area contributed by atoms with E-state index in [0.29, 0.717) is 17.7 Å². The third-order valence-corrected chi connectivity index (χ3v) is 3.14. The van der Waals surface area contributed by atoms with Crippen LogP contribution in [0.3, 0.4) is 0 Å². The molecule has 0 bridgehead atoms. The topological polar surface area (TPSA) is 88.4 Å². The Morgan fingerprint density at radius 3 is 2.67 bits per heavy atom. The van der Waals surface area contributed by atoms with Crippen molar-refractivity contribution in [2.75, 3.05) is 5.32 Å². The molecule has 1 aliphatic rings. The highest BCUT2D eigenvalue weighted by molar-refractivity contribution is 5.98. The van der Waals surface area contributed by atoms with Gasteiger partial charge in [-0.1, -0.05) is 0 Å². The van der Waals surface area contributed by atoms with Gasteiger partial charge in [0.1, 0.15) is 0 Å². The highest BCUT2D eigenvalue weighted by Gasteiger charge is 2.48. The molecule has 18 heavy (non-hydrogen) atoms. The van der Waals surface area contributed by atoms with Crippen LogP contribution in [0.4, 0.5) is 5.69 Å². The molecule has 0 aliphatic heterocycles. The Labute approximate surface area is 103 Å². The molecule has 1 aromatic rings. The lowest BCUT2D eigenvalue weighted by atomic mass is 10.2. The third-order valence-electron chi connectivity index (χ3n) is 3.14. The number of hydrogen-bond donors (Lipinski definition) is 2. The summed E-state index contributed by atoms with van der Waals surface area (Å²) in [6.45, 7) is 1.72. The van der Waals surface area contributed by atoms with Crippen LogP contribution in [0.15, 0.2) is 17.1 Å². The Hall–Kier alpha value is -2.11. The zero-order chi connectivity index (χ0) is 13.4. The van der Waals surface area contributed by atoms with Crippen LogP contribution in [0.25, 0.3) is 0 Å². The SMILES string of the molecule is Cc1cc(=O)n(C)cc1NC(=O)C1CC1C(=O)O. The van der Waals surface area contributed by atoms with Crippen LogP contribution in [-0.2, 0) is 16.6 Å². The van der Waals surface area contributed by atoms with Gasteiger partial charge in [0.2, 0.25) is 5.91 Å². The number of carboxylic acids is 1. The van der Waals surface area contributed by atoms with Crippen molar-refractivity contribution in [3.63, 3.8) is 0 Å². The summed E-state index contributed by atoms with van der Waals surface area (Å²) in [4.78, 5) is 33.8. The summed E-state index contributed by atoms with van der Waals surface area (Å²) >= 11 is 0. The van der Waals surface area contributed by atoms with Crippen molar-refractivity contribution >= 4 is 17.6 Å². The van der Waals surface area contributed by atoms with Gasteiger partial charge in [0.05, 0.1) is 17.5 Å². The molecule has 2 N–H and O–H groups in total. The van der Waals surface area contributed by atoms with Gasteiger partial charge in [-0.15, -0.1) is 0 Å². The van der Waals surface area contributed by atoms with E-state index in [1.165, 1.54) is 16.8 Å². The molecule has 1 aliphatic carbocycles. The van der Waals surface area contributed by atoms with Gasteiger partial charge in [-0.2, -0.15) is 0 Å². The molecule has 96 valence electrons. The summed E-state index contributed by atoms with van der Waals surface area (Å²) in [5, 5.41) is 11.4. The molecule has 0 radical (unpaired) electrons. The van der Waals surface area contributed by atoms with Crippen LogP contribution >= 0.6 is 0 Å². The molecule has 1 saturated carbocycles. The molecule has 0 aromatic carbocycles. The van der Waals surface area contributed by atoms with Gasteiger partial charge in [0.25, 0.3) is 5.56 Å². The summed E-state index contributed by atoms with van der Waals surface area (Å²) in [5.41, 5.74) is 1.05. The number of anilines is 1. The number of carbonyl (C=O) groups excluding carboxylic acids is 1. The number of carbonyl (C=O) groups is 2. The largest absolute Gasteiger partial charge is 0.481 e. The fourth-order valence-corrected chi connectivity index (χ4v) is 1.84. The number of hydrogen-bond acceptors (Lipinski definition) is 3. The van der Waals surface area contributed by atoms with E-state index in [9.17, 15) is 14.4 Å². The minimum absolute atomic E-state index is 0.152. The Balaban J connectivity index is 2.11. The van der Waals surface area contributed by atoms with E-state index in [2.05, 4.69) is 5.32 Å². The number of aromatic nitrogens is 1. The molecule has 0 saturated heterocycles. The van der Waals surface area contributed by atoms with E-state index in [1.54, 1.807) is 14.0 Å². The zero-order valence-corrected chi connectivity index (χ0v) is 10.1. The fraction of sp³-hybridized carbons (Fsp3) is 0.417. The van der Waals surface area contributed by atoms with E-state index >= 15 is 0 Å². The Kier molecular flexibility index (Phi) is 2.94. The zero-order valence-electron chi connectivity index (χ0n) is 10.1. The number of pyridine rings is 1. The summed E-state index contributed by atoms with van der Waals surface area (Å²) in [6, 6.07) is 1.43. The maximum absolute atomic E-state index is 11.8.